The van der Waals surface area contributed by atoms with Gasteiger partial charge < -0.3 is 5.11 Å². The molecule has 102 valence electrons. The number of hydrogen-bond acceptors (Lipinski definition) is 5. The normalized spacial score (nSPS) is 12.8. The summed E-state index contributed by atoms with van der Waals surface area (Å²) in [5, 5.41) is 13.3. The summed E-state index contributed by atoms with van der Waals surface area (Å²) in [6.45, 7) is 0.766. The highest BCUT2D eigenvalue weighted by Gasteiger charge is 2.18. The molecule has 0 fully saturated rings. The Morgan fingerprint density at radius 3 is 2.68 bits per heavy atom. The first-order valence-corrected chi connectivity index (χ1v) is 7.20. The van der Waals surface area contributed by atoms with Gasteiger partial charge >= 0.3 is 0 Å². The summed E-state index contributed by atoms with van der Waals surface area (Å²) in [5.41, 5.74) is 1.96. The van der Waals surface area contributed by atoms with Gasteiger partial charge in [0.1, 0.15) is 10.0 Å². The van der Waals surface area contributed by atoms with Gasteiger partial charge in [0.2, 0.25) is 0 Å². The van der Waals surface area contributed by atoms with Crippen LogP contribution in [0.5, 0.6) is 0 Å². The molecular formula is C13H16ClN3OS. The van der Waals surface area contributed by atoms with Gasteiger partial charge in [-0.05, 0) is 19.0 Å². The molecule has 0 amide bonds. The number of aromatic nitrogens is 2. The van der Waals surface area contributed by atoms with Gasteiger partial charge in [-0.25, -0.2) is 0 Å². The summed E-state index contributed by atoms with van der Waals surface area (Å²) < 4.78 is 4.46. The quantitative estimate of drug-likeness (QED) is 0.891. The van der Waals surface area contributed by atoms with Crippen LogP contribution in [0.25, 0.3) is 0 Å². The molecule has 0 aliphatic rings. The van der Waals surface area contributed by atoms with E-state index in [-0.39, 0.29) is 12.6 Å². The molecule has 1 aromatic carbocycles. The molecule has 19 heavy (non-hydrogen) atoms. The van der Waals surface area contributed by atoms with Crippen LogP contribution in [0.15, 0.2) is 30.3 Å². The first kappa shape index (κ1) is 14.4. The van der Waals surface area contributed by atoms with Gasteiger partial charge in [-0.2, -0.15) is 0 Å². The molecule has 1 atom stereocenters. The fourth-order valence-electron chi connectivity index (χ4n) is 2.08. The molecule has 0 bridgehead atoms. The monoisotopic (exact) mass is 297 g/mol. The summed E-state index contributed by atoms with van der Waals surface area (Å²) in [4.78, 5) is 2.13. The van der Waals surface area contributed by atoms with E-state index in [0.29, 0.717) is 17.3 Å². The number of halogens is 1. The summed E-state index contributed by atoms with van der Waals surface area (Å²) in [7, 11) is 2.00. The third-order valence-corrected chi connectivity index (χ3v) is 4.01. The minimum atomic E-state index is 0.143. The van der Waals surface area contributed by atoms with Crippen LogP contribution in [-0.4, -0.2) is 33.2 Å². The standard InChI is InChI=1S/C13H16ClN3OS/c1-17(9-11-13(14)19-16-15-11)12(7-8-18)10-5-3-2-4-6-10/h2-6,12,18H,7-9H2,1H3. The van der Waals surface area contributed by atoms with E-state index in [1.54, 1.807) is 0 Å². The Kier molecular flexibility index (Phi) is 5.27. The molecule has 1 N–H and O–H groups in total. The van der Waals surface area contributed by atoms with Crippen molar-refractivity contribution < 1.29 is 5.11 Å². The van der Waals surface area contributed by atoms with Crippen molar-refractivity contribution in [2.75, 3.05) is 13.7 Å². The minimum absolute atomic E-state index is 0.143. The number of aliphatic hydroxyl groups is 1. The Labute approximate surface area is 121 Å². The Bertz CT molecular complexity index is 506. The molecule has 1 aromatic heterocycles. The van der Waals surface area contributed by atoms with E-state index in [1.807, 2.05) is 25.2 Å². The number of nitrogens with zero attached hydrogens (tertiary/aromatic N) is 3. The molecular weight excluding hydrogens is 282 g/mol. The second kappa shape index (κ2) is 6.96. The zero-order chi connectivity index (χ0) is 13.7. The number of aliphatic hydroxyl groups excluding tert-OH is 1. The zero-order valence-corrected chi connectivity index (χ0v) is 12.2. The van der Waals surface area contributed by atoms with Crippen molar-refractivity contribution in [1.82, 2.24) is 14.5 Å². The molecule has 1 unspecified atom stereocenters. The fraction of sp³-hybridized carbons (Fsp3) is 0.385. The summed E-state index contributed by atoms with van der Waals surface area (Å²) in [6, 6.07) is 10.3. The van der Waals surface area contributed by atoms with Crippen molar-refractivity contribution in [3.8, 4) is 0 Å². The molecule has 2 aromatic rings. The van der Waals surface area contributed by atoms with Crippen LogP contribution in [0.1, 0.15) is 23.7 Å². The summed E-state index contributed by atoms with van der Waals surface area (Å²) in [6.07, 6.45) is 0.676. The van der Waals surface area contributed by atoms with Crippen LogP contribution < -0.4 is 0 Å². The van der Waals surface area contributed by atoms with Crippen LogP contribution in [-0.2, 0) is 6.54 Å². The second-order valence-corrected chi connectivity index (χ2v) is 5.70. The molecule has 0 aliphatic heterocycles. The lowest BCUT2D eigenvalue weighted by molar-refractivity contribution is 0.178. The average Bonchev–Trinajstić information content (AvgIpc) is 2.82. The molecule has 4 nitrogen and oxygen atoms in total. The summed E-state index contributed by atoms with van der Waals surface area (Å²) in [5.74, 6) is 0. The van der Waals surface area contributed by atoms with Crippen molar-refractivity contribution in [3.05, 3.63) is 45.9 Å². The SMILES string of the molecule is CN(Cc1nnsc1Cl)C(CCO)c1ccccc1. The number of benzene rings is 1. The van der Waals surface area contributed by atoms with Gasteiger partial charge in [0, 0.05) is 30.7 Å². The van der Waals surface area contributed by atoms with E-state index in [2.05, 4.69) is 26.6 Å². The van der Waals surface area contributed by atoms with Crippen LogP contribution in [0.2, 0.25) is 4.34 Å². The lowest BCUT2D eigenvalue weighted by Gasteiger charge is -2.27. The molecule has 0 saturated heterocycles. The van der Waals surface area contributed by atoms with Crippen molar-refractivity contribution in [3.63, 3.8) is 0 Å². The van der Waals surface area contributed by atoms with Gasteiger partial charge in [0.25, 0.3) is 0 Å². The largest absolute Gasteiger partial charge is 0.396 e. The maximum atomic E-state index is 9.25. The van der Waals surface area contributed by atoms with E-state index in [4.69, 9.17) is 11.6 Å². The second-order valence-electron chi connectivity index (χ2n) is 4.35. The van der Waals surface area contributed by atoms with Crippen LogP contribution in [0, 0.1) is 0 Å². The maximum absolute atomic E-state index is 9.25. The van der Waals surface area contributed by atoms with Crippen molar-refractivity contribution >= 4 is 23.1 Å². The van der Waals surface area contributed by atoms with Crippen LogP contribution >= 0.6 is 23.1 Å². The van der Waals surface area contributed by atoms with Crippen LogP contribution in [0.4, 0.5) is 0 Å². The van der Waals surface area contributed by atoms with Crippen molar-refractivity contribution in [1.29, 1.82) is 0 Å². The van der Waals surface area contributed by atoms with E-state index in [0.717, 1.165) is 5.69 Å². The van der Waals surface area contributed by atoms with E-state index in [9.17, 15) is 5.11 Å². The topological polar surface area (TPSA) is 49.2 Å². The molecule has 6 heteroatoms. The average molecular weight is 298 g/mol. The molecule has 0 saturated carbocycles. The minimum Gasteiger partial charge on any atom is -0.396 e. The van der Waals surface area contributed by atoms with Gasteiger partial charge in [-0.15, -0.1) is 5.10 Å². The van der Waals surface area contributed by atoms with Gasteiger partial charge in [0.05, 0.1) is 0 Å². The van der Waals surface area contributed by atoms with Crippen molar-refractivity contribution in [2.24, 2.45) is 0 Å². The Morgan fingerprint density at radius 2 is 2.11 bits per heavy atom. The van der Waals surface area contributed by atoms with Crippen LogP contribution in [0.3, 0.4) is 0 Å². The van der Waals surface area contributed by atoms with E-state index < -0.39 is 0 Å². The van der Waals surface area contributed by atoms with E-state index >= 15 is 0 Å². The predicted molar refractivity (Wildman–Crippen MR) is 77.3 cm³/mol. The van der Waals surface area contributed by atoms with Gasteiger partial charge in [-0.3, -0.25) is 4.90 Å². The first-order chi connectivity index (χ1) is 9.22. The predicted octanol–water partition coefficient (Wildman–Crippen LogP) is 2.75. The first-order valence-electron chi connectivity index (χ1n) is 6.05. The highest BCUT2D eigenvalue weighted by molar-refractivity contribution is 7.10. The third-order valence-electron chi connectivity index (χ3n) is 3.03. The van der Waals surface area contributed by atoms with E-state index in [1.165, 1.54) is 17.1 Å². The molecule has 1 heterocycles. The fourth-order valence-corrected chi connectivity index (χ4v) is 2.69. The zero-order valence-electron chi connectivity index (χ0n) is 10.7. The molecule has 2 rings (SSSR count). The molecule has 0 spiro atoms. The Balaban J connectivity index is 2.13. The van der Waals surface area contributed by atoms with Gasteiger partial charge in [0.15, 0.2) is 0 Å². The van der Waals surface area contributed by atoms with Crippen molar-refractivity contribution in [2.45, 2.75) is 19.0 Å². The smallest absolute Gasteiger partial charge is 0.138 e. The highest BCUT2D eigenvalue weighted by Crippen LogP contribution is 2.26. The third kappa shape index (κ3) is 3.73. The summed E-state index contributed by atoms with van der Waals surface area (Å²) >= 11 is 7.22. The lowest BCUT2D eigenvalue weighted by Crippen LogP contribution is -2.25. The maximum Gasteiger partial charge on any atom is 0.138 e. The highest BCUT2D eigenvalue weighted by atomic mass is 35.5. The lowest BCUT2D eigenvalue weighted by atomic mass is 10.0. The van der Waals surface area contributed by atoms with Gasteiger partial charge in [-0.1, -0.05) is 46.4 Å². The molecule has 0 radical (unpaired) electrons. The number of hydrogen-bond donors (Lipinski definition) is 1. The number of rotatable bonds is 6. The molecule has 0 aliphatic carbocycles. The Hall–Kier alpha value is -1.01. The Morgan fingerprint density at radius 1 is 1.37 bits per heavy atom.